The predicted molar refractivity (Wildman–Crippen MR) is 90.7 cm³/mol. The van der Waals surface area contributed by atoms with Gasteiger partial charge in [0.15, 0.2) is 0 Å². The Hall–Kier alpha value is -1.91. The first-order valence-electron chi connectivity index (χ1n) is 7.75. The van der Waals surface area contributed by atoms with Crippen LogP contribution in [-0.4, -0.2) is 41.5 Å². The van der Waals surface area contributed by atoms with Gasteiger partial charge in [0.2, 0.25) is 15.9 Å². The summed E-state index contributed by atoms with van der Waals surface area (Å²) >= 11 is 0.923. The summed E-state index contributed by atoms with van der Waals surface area (Å²) in [6.07, 6.45) is 3.84. The molecule has 1 aromatic carbocycles. The van der Waals surface area contributed by atoms with Crippen LogP contribution in [0.1, 0.15) is 25.7 Å². The van der Waals surface area contributed by atoms with E-state index in [1.165, 1.54) is 12.1 Å². The zero-order chi connectivity index (χ0) is 17.9. The summed E-state index contributed by atoms with van der Waals surface area (Å²) in [5.74, 6) is -0.944. The molecule has 0 atom stereocenters. The van der Waals surface area contributed by atoms with Gasteiger partial charge in [-0.3, -0.25) is 4.79 Å². The highest BCUT2D eigenvalue weighted by atomic mass is 32.2. The van der Waals surface area contributed by atoms with Crippen molar-refractivity contribution in [3.05, 3.63) is 24.3 Å². The quantitative estimate of drug-likeness (QED) is 0.697. The Balaban J connectivity index is 1.70. The van der Waals surface area contributed by atoms with E-state index in [9.17, 15) is 13.2 Å². The monoisotopic (exact) mass is 383 g/mol. The highest BCUT2D eigenvalue weighted by molar-refractivity contribution is 7.99. The van der Waals surface area contributed by atoms with Crippen LogP contribution >= 0.6 is 11.8 Å². The van der Waals surface area contributed by atoms with Gasteiger partial charge in [-0.15, -0.1) is 10.2 Å². The van der Waals surface area contributed by atoms with Crippen LogP contribution in [0.15, 0.2) is 38.8 Å². The maximum Gasteiger partial charge on any atom is 0.314 e. The van der Waals surface area contributed by atoms with Crippen LogP contribution in [0, 0.1) is 0 Å². The molecule has 8 nitrogen and oxygen atoms in total. The minimum atomic E-state index is -3.54. The third-order valence-corrected chi connectivity index (χ3v) is 6.15. The number of nitrogens with one attached hydrogen (secondary N) is 1. The fourth-order valence-electron chi connectivity index (χ4n) is 2.62. The number of aliphatic carboxylic acids is 1. The number of aromatic nitrogens is 2. The second-order valence-electron chi connectivity index (χ2n) is 5.68. The molecular weight excluding hydrogens is 366 g/mol. The fraction of sp³-hybridized carbons (Fsp3) is 0.400. The molecular formula is C15H17N3O5S2. The number of carbonyl (C=O) groups is 1. The number of hydrogen-bond acceptors (Lipinski definition) is 7. The number of rotatable bonds is 7. The lowest BCUT2D eigenvalue weighted by Crippen LogP contribution is -2.32. The van der Waals surface area contributed by atoms with Gasteiger partial charge < -0.3 is 9.52 Å². The highest BCUT2D eigenvalue weighted by Crippen LogP contribution is 2.25. The van der Waals surface area contributed by atoms with E-state index in [1.807, 2.05) is 0 Å². The number of thioether (sulfide) groups is 1. The van der Waals surface area contributed by atoms with Crippen molar-refractivity contribution in [1.82, 2.24) is 14.9 Å². The van der Waals surface area contributed by atoms with Gasteiger partial charge in [0, 0.05) is 11.6 Å². The Morgan fingerprint density at radius 3 is 2.56 bits per heavy atom. The molecule has 10 heteroatoms. The van der Waals surface area contributed by atoms with E-state index in [0.29, 0.717) is 5.56 Å². The maximum atomic E-state index is 12.4. The molecule has 1 aliphatic rings. The number of hydrogen-bond donors (Lipinski definition) is 2. The van der Waals surface area contributed by atoms with Crippen molar-refractivity contribution in [2.24, 2.45) is 0 Å². The van der Waals surface area contributed by atoms with E-state index < -0.39 is 16.0 Å². The third kappa shape index (κ3) is 4.59. The smallest absolute Gasteiger partial charge is 0.314 e. The average Bonchev–Trinajstić information content (AvgIpc) is 3.24. The predicted octanol–water partition coefficient (Wildman–Crippen LogP) is 2.13. The van der Waals surface area contributed by atoms with Gasteiger partial charge in [0.05, 0.1) is 4.90 Å². The summed E-state index contributed by atoms with van der Waals surface area (Å²) in [4.78, 5) is 10.7. The Morgan fingerprint density at radius 1 is 1.24 bits per heavy atom. The first-order chi connectivity index (χ1) is 11.9. The van der Waals surface area contributed by atoms with Crippen molar-refractivity contribution in [3.8, 4) is 11.5 Å². The molecule has 2 aromatic rings. The van der Waals surface area contributed by atoms with E-state index in [4.69, 9.17) is 9.52 Å². The second-order valence-corrected chi connectivity index (χ2v) is 8.32. The molecule has 1 aromatic heterocycles. The largest absolute Gasteiger partial charge is 0.481 e. The average molecular weight is 383 g/mol. The van der Waals surface area contributed by atoms with E-state index in [-0.39, 0.29) is 27.8 Å². The first kappa shape index (κ1) is 17.9. The lowest BCUT2D eigenvalue weighted by molar-refractivity contribution is -0.133. The Kier molecular flexibility index (Phi) is 5.40. The van der Waals surface area contributed by atoms with Crippen molar-refractivity contribution in [2.45, 2.75) is 41.8 Å². The molecule has 1 heterocycles. The molecule has 0 amide bonds. The standard InChI is InChI=1S/C15H17N3O5S2/c19-13(20)9-24-15-17-16-14(23-15)10-5-7-12(8-6-10)25(21,22)18-11-3-1-2-4-11/h5-8,11,18H,1-4,9H2,(H,19,20). The molecule has 0 saturated heterocycles. The number of carboxylic acids is 1. The molecule has 134 valence electrons. The molecule has 2 N–H and O–H groups in total. The van der Waals surface area contributed by atoms with Crippen LogP contribution in [0.4, 0.5) is 0 Å². The molecule has 0 spiro atoms. The van der Waals surface area contributed by atoms with Crippen molar-refractivity contribution in [1.29, 1.82) is 0 Å². The molecule has 1 fully saturated rings. The van der Waals surface area contributed by atoms with Crippen LogP contribution in [-0.2, 0) is 14.8 Å². The first-order valence-corrected chi connectivity index (χ1v) is 10.2. The minimum Gasteiger partial charge on any atom is -0.481 e. The summed E-state index contributed by atoms with van der Waals surface area (Å²) in [7, 11) is -3.54. The number of nitrogens with zero attached hydrogens (tertiary/aromatic N) is 2. The van der Waals surface area contributed by atoms with Crippen LogP contribution in [0.5, 0.6) is 0 Å². The number of sulfonamides is 1. The number of benzene rings is 1. The molecule has 1 aliphatic carbocycles. The normalized spacial score (nSPS) is 15.5. The van der Waals surface area contributed by atoms with E-state index in [0.717, 1.165) is 37.4 Å². The molecule has 0 bridgehead atoms. The molecule has 0 unspecified atom stereocenters. The topological polar surface area (TPSA) is 122 Å². The van der Waals surface area contributed by atoms with E-state index >= 15 is 0 Å². The molecule has 3 rings (SSSR count). The van der Waals surface area contributed by atoms with Crippen molar-refractivity contribution < 1.29 is 22.7 Å². The summed E-state index contributed by atoms with van der Waals surface area (Å²) in [6.45, 7) is 0. The van der Waals surface area contributed by atoms with Crippen LogP contribution in [0.25, 0.3) is 11.5 Å². The number of carboxylic acid groups (broad SMARTS) is 1. The summed E-state index contributed by atoms with van der Waals surface area (Å²) in [6, 6.07) is 6.15. The molecule has 1 saturated carbocycles. The van der Waals surface area contributed by atoms with Gasteiger partial charge >= 0.3 is 5.97 Å². The van der Waals surface area contributed by atoms with Crippen molar-refractivity contribution in [3.63, 3.8) is 0 Å². The van der Waals surface area contributed by atoms with Gasteiger partial charge in [-0.2, -0.15) is 0 Å². The van der Waals surface area contributed by atoms with Gasteiger partial charge in [-0.05, 0) is 37.1 Å². The van der Waals surface area contributed by atoms with Gasteiger partial charge in [0.1, 0.15) is 5.75 Å². The Labute approximate surface area is 149 Å². The van der Waals surface area contributed by atoms with Gasteiger partial charge in [0.25, 0.3) is 5.22 Å². The lowest BCUT2D eigenvalue weighted by Gasteiger charge is -2.12. The zero-order valence-corrected chi connectivity index (χ0v) is 14.8. The minimum absolute atomic E-state index is 0.00874. The summed E-state index contributed by atoms with van der Waals surface area (Å²) < 4.78 is 32.8. The lowest BCUT2D eigenvalue weighted by atomic mass is 10.2. The van der Waals surface area contributed by atoms with Crippen LogP contribution in [0.3, 0.4) is 0 Å². The maximum absolute atomic E-state index is 12.4. The zero-order valence-electron chi connectivity index (χ0n) is 13.2. The second kappa shape index (κ2) is 7.54. The van der Waals surface area contributed by atoms with Crippen LogP contribution in [0.2, 0.25) is 0 Å². The van der Waals surface area contributed by atoms with Gasteiger partial charge in [-0.1, -0.05) is 24.6 Å². The third-order valence-electron chi connectivity index (χ3n) is 3.81. The Morgan fingerprint density at radius 2 is 1.92 bits per heavy atom. The van der Waals surface area contributed by atoms with E-state index in [2.05, 4.69) is 14.9 Å². The van der Waals surface area contributed by atoms with Crippen LogP contribution < -0.4 is 4.72 Å². The fourth-order valence-corrected chi connectivity index (χ4v) is 4.40. The van der Waals surface area contributed by atoms with E-state index in [1.54, 1.807) is 12.1 Å². The van der Waals surface area contributed by atoms with Crippen molar-refractivity contribution >= 4 is 27.8 Å². The molecule has 0 aliphatic heterocycles. The molecule has 0 radical (unpaired) electrons. The SMILES string of the molecule is O=C(O)CSc1nnc(-c2ccc(S(=O)(=O)NC3CCCC3)cc2)o1. The summed E-state index contributed by atoms with van der Waals surface area (Å²) in [5.41, 5.74) is 0.564. The highest BCUT2D eigenvalue weighted by Gasteiger charge is 2.23. The van der Waals surface area contributed by atoms with Crippen molar-refractivity contribution in [2.75, 3.05) is 5.75 Å². The van der Waals surface area contributed by atoms with Gasteiger partial charge in [-0.25, -0.2) is 13.1 Å². The summed E-state index contributed by atoms with van der Waals surface area (Å²) in [5, 5.41) is 16.4. The Bertz CT molecular complexity index is 842. The molecule has 25 heavy (non-hydrogen) atoms.